The molecule has 0 unspecified atom stereocenters. The predicted octanol–water partition coefficient (Wildman–Crippen LogP) is 0.325. The fourth-order valence-electron chi connectivity index (χ4n) is 0.701. The Hall–Kier alpha value is -0.780. The van der Waals surface area contributed by atoms with E-state index in [0.717, 1.165) is 0 Å². The molecule has 0 heterocycles. The van der Waals surface area contributed by atoms with E-state index in [0.29, 0.717) is 18.3 Å². The Labute approximate surface area is 85.3 Å². The van der Waals surface area contributed by atoms with E-state index >= 15 is 0 Å². The van der Waals surface area contributed by atoms with Gasteiger partial charge in [0.05, 0.1) is 11.9 Å². The molecule has 0 aromatic carbocycles. The second-order valence-electron chi connectivity index (χ2n) is 2.47. The van der Waals surface area contributed by atoms with Crippen molar-refractivity contribution in [1.82, 2.24) is 4.90 Å². The molecule has 5 nitrogen and oxygen atoms in total. The van der Waals surface area contributed by atoms with Crippen LogP contribution in [0.4, 0.5) is 4.79 Å². The van der Waals surface area contributed by atoms with Crippen LogP contribution in [0.25, 0.3) is 0 Å². The lowest BCUT2D eigenvalue weighted by Crippen LogP contribution is -2.29. The van der Waals surface area contributed by atoms with Crippen LogP contribution in [0.1, 0.15) is 6.42 Å². The van der Waals surface area contributed by atoms with Crippen molar-refractivity contribution in [3.8, 4) is 0 Å². The molecule has 0 radical (unpaired) electrons. The minimum atomic E-state index is -0.783. The molecule has 0 saturated heterocycles. The molecule has 0 aliphatic carbocycles. The fourth-order valence-corrected chi connectivity index (χ4v) is 1.13. The van der Waals surface area contributed by atoms with Gasteiger partial charge in [-0.05, 0) is 6.42 Å². The molecular weight excluding hydrogens is 240 g/mol. The van der Waals surface area contributed by atoms with Crippen LogP contribution in [0.5, 0.6) is 0 Å². The molecule has 0 aliphatic heterocycles. The maximum absolute atomic E-state index is 11.0. The van der Waals surface area contributed by atoms with Crippen molar-refractivity contribution in [3.05, 3.63) is 0 Å². The minimum Gasteiger partial charge on any atom is -0.450 e. The van der Waals surface area contributed by atoms with Crippen molar-refractivity contribution in [2.45, 2.75) is 6.42 Å². The van der Waals surface area contributed by atoms with Gasteiger partial charge in [-0.3, -0.25) is 4.79 Å². The monoisotopic (exact) mass is 252 g/mol. The average Bonchev–Trinajstić information content (AvgIpc) is 2.10. The highest BCUT2D eigenvalue weighted by Gasteiger charge is 2.05. The first-order valence-corrected chi connectivity index (χ1v) is 4.92. The van der Waals surface area contributed by atoms with Crippen LogP contribution >= 0.6 is 15.9 Å². The number of nitrogens with two attached hydrogens (primary N) is 1. The van der Waals surface area contributed by atoms with Gasteiger partial charge >= 0.3 is 6.09 Å². The van der Waals surface area contributed by atoms with Crippen molar-refractivity contribution in [2.75, 3.05) is 25.5 Å². The summed E-state index contributed by atoms with van der Waals surface area (Å²) >= 11 is 3.05. The summed E-state index contributed by atoms with van der Waals surface area (Å²) in [5.74, 6) is -0.000856. The van der Waals surface area contributed by atoms with Crippen LogP contribution in [0.15, 0.2) is 0 Å². The van der Waals surface area contributed by atoms with Crippen LogP contribution < -0.4 is 5.73 Å². The molecule has 0 aromatic heterocycles. The Bertz CT molecular complexity index is 187. The highest BCUT2D eigenvalue weighted by molar-refractivity contribution is 9.09. The summed E-state index contributed by atoms with van der Waals surface area (Å²) in [6.07, 6.45) is -0.187. The van der Waals surface area contributed by atoms with Crippen molar-refractivity contribution in [3.63, 3.8) is 0 Å². The van der Waals surface area contributed by atoms with Gasteiger partial charge in [0.15, 0.2) is 0 Å². The molecular formula is C7H13BrN2O3. The van der Waals surface area contributed by atoms with Crippen molar-refractivity contribution < 1.29 is 14.3 Å². The number of carbonyl (C=O) groups excluding carboxylic acids is 2. The minimum absolute atomic E-state index is 0.000856. The summed E-state index contributed by atoms with van der Waals surface area (Å²) in [5.41, 5.74) is 4.75. The highest BCUT2D eigenvalue weighted by atomic mass is 79.9. The van der Waals surface area contributed by atoms with Crippen LogP contribution in [0, 0.1) is 0 Å². The molecule has 76 valence electrons. The third-order valence-electron chi connectivity index (χ3n) is 1.42. The molecule has 0 saturated carbocycles. The maximum Gasteiger partial charge on any atom is 0.404 e. The van der Waals surface area contributed by atoms with Crippen molar-refractivity contribution in [2.24, 2.45) is 5.73 Å². The quantitative estimate of drug-likeness (QED) is 0.566. The van der Waals surface area contributed by atoms with Gasteiger partial charge in [0.2, 0.25) is 5.91 Å². The molecule has 0 aliphatic rings. The van der Waals surface area contributed by atoms with Crippen molar-refractivity contribution >= 4 is 27.9 Å². The van der Waals surface area contributed by atoms with Gasteiger partial charge in [-0.25, -0.2) is 4.79 Å². The molecule has 2 amide bonds. The lowest BCUT2D eigenvalue weighted by atomic mass is 10.4. The number of nitrogens with zero attached hydrogens (tertiary/aromatic N) is 1. The standard InChI is InChI=1S/C7H13BrN2O3/c1-10(6(11)5-8)3-2-4-13-7(9)12/h2-5H2,1H3,(H2,9,12). The van der Waals surface area contributed by atoms with E-state index in [1.807, 2.05) is 0 Å². The largest absolute Gasteiger partial charge is 0.450 e. The molecule has 2 N–H and O–H groups in total. The van der Waals surface area contributed by atoms with Crippen LogP contribution in [-0.4, -0.2) is 42.4 Å². The lowest BCUT2D eigenvalue weighted by molar-refractivity contribution is -0.127. The van der Waals surface area contributed by atoms with E-state index in [1.165, 1.54) is 0 Å². The van der Waals surface area contributed by atoms with Gasteiger partial charge in [0.1, 0.15) is 0 Å². The van der Waals surface area contributed by atoms with Gasteiger partial charge < -0.3 is 15.4 Å². The third kappa shape index (κ3) is 6.39. The number of alkyl halides is 1. The second-order valence-corrected chi connectivity index (χ2v) is 3.03. The average molecular weight is 253 g/mol. The van der Waals surface area contributed by atoms with Crippen LogP contribution in [-0.2, 0) is 9.53 Å². The van der Waals surface area contributed by atoms with E-state index in [1.54, 1.807) is 11.9 Å². The first kappa shape index (κ1) is 12.2. The lowest BCUT2D eigenvalue weighted by Gasteiger charge is -2.14. The van der Waals surface area contributed by atoms with Gasteiger partial charge in [0, 0.05) is 13.6 Å². The molecule has 0 rings (SSSR count). The van der Waals surface area contributed by atoms with Gasteiger partial charge in [-0.2, -0.15) is 0 Å². The molecule has 0 atom stereocenters. The summed E-state index contributed by atoms with van der Waals surface area (Å²) in [5, 5.41) is 0.306. The van der Waals surface area contributed by atoms with E-state index < -0.39 is 6.09 Å². The molecule has 0 fully saturated rings. The number of ether oxygens (including phenoxy) is 1. The summed E-state index contributed by atoms with van der Waals surface area (Å²) in [7, 11) is 1.69. The number of primary amides is 1. The summed E-state index contributed by atoms with van der Waals surface area (Å²) < 4.78 is 4.49. The first-order chi connectivity index (χ1) is 6.07. The third-order valence-corrected chi connectivity index (χ3v) is 1.90. The smallest absolute Gasteiger partial charge is 0.404 e. The zero-order valence-corrected chi connectivity index (χ0v) is 9.04. The van der Waals surface area contributed by atoms with Crippen molar-refractivity contribution in [1.29, 1.82) is 0 Å². The van der Waals surface area contributed by atoms with Crippen LogP contribution in [0.3, 0.4) is 0 Å². The SMILES string of the molecule is CN(CCCOC(N)=O)C(=O)CBr. The number of hydrogen-bond acceptors (Lipinski definition) is 3. The van der Waals surface area contributed by atoms with Gasteiger partial charge in [-0.1, -0.05) is 15.9 Å². The van der Waals surface area contributed by atoms with E-state index in [2.05, 4.69) is 20.7 Å². The topological polar surface area (TPSA) is 72.6 Å². The summed E-state index contributed by atoms with van der Waals surface area (Å²) in [6, 6.07) is 0. The number of hydrogen-bond donors (Lipinski definition) is 1. The Morgan fingerprint density at radius 3 is 2.62 bits per heavy atom. The maximum atomic E-state index is 11.0. The number of halogens is 1. The van der Waals surface area contributed by atoms with E-state index in [4.69, 9.17) is 5.73 Å². The first-order valence-electron chi connectivity index (χ1n) is 3.80. The molecule has 13 heavy (non-hydrogen) atoms. The highest BCUT2D eigenvalue weighted by Crippen LogP contribution is 1.92. The fraction of sp³-hybridized carbons (Fsp3) is 0.714. The second kappa shape index (κ2) is 6.71. The Morgan fingerprint density at radius 1 is 1.54 bits per heavy atom. The van der Waals surface area contributed by atoms with E-state index in [-0.39, 0.29) is 12.5 Å². The molecule has 0 spiro atoms. The number of rotatable bonds is 5. The Kier molecular flexibility index (Phi) is 6.30. The Morgan fingerprint density at radius 2 is 2.15 bits per heavy atom. The number of amides is 2. The molecule has 6 heteroatoms. The van der Waals surface area contributed by atoms with Crippen LogP contribution in [0.2, 0.25) is 0 Å². The zero-order valence-electron chi connectivity index (χ0n) is 7.46. The summed E-state index contributed by atoms with van der Waals surface area (Å²) in [6.45, 7) is 0.799. The predicted molar refractivity (Wildman–Crippen MR) is 51.6 cm³/mol. The molecule has 0 bridgehead atoms. The van der Waals surface area contributed by atoms with Gasteiger partial charge in [-0.15, -0.1) is 0 Å². The molecule has 0 aromatic rings. The van der Waals surface area contributed by atoms with E-state index in [9.17, 15) is 9.59 Å². The zero-order chi connectivity index (χ0) is 10.3. The summed E-state index contributed by atoms with van der Waals surface area (Å²) in [4.78, 5) is 22.7. The number of carbonyl (C=O) groups is 2. The Balaban J connectivity index is 3.42. The normalized spacial score (nSPS) is 9.38. The van der Waals surface area contributed by atoms with Gasteiger partial charge in [0.25, 0.3) is 0 Å².